The van der Waals surface area contributed by atoms with Crippen molar-refractivity contribution in [1.29, 1.82) is 0 Å². The topological polar surface area (TPSA) is 0 Å². The van der Waals surface area contributed by atoms with Crippen molar-refractivity contribution in [2.45, 2.75) is 0 Å². The molecule has 44 heavy (non-hydrogen) atoms. The van der Waals surface area contributed by atoms with Crippen LogP contribution in [0.1, 0.15) is 0 Å². The van der Waals surface area contributed by atoms with Gasteiger partial charge in [-0.3, -0.25) is 0 Å². The summed E-state index contributed by atoms with van der Waals surface area (Å²) < 4.78 is 0. The highest BCUT2D eigenvalue weighted by Crippen LogP contribution is 2.55. The molecule has 10 rings (SSSR count). The average molecular weight is 555 g/mol. The minimum Gasteiger partial charge on any atom is -0.0622 e. The van der Waals surface area contributed by atoms with Crippen LogP contribution in [0.3, 0.4) is 0 Å². The number of benzene rings is 8. The Hall–Kier alpha value is -5.72. The highest BCUT2D eigenvalue weighted by atomic mass is 14.3. The van der Waals surface area contributed by atoms with Gasteiger partial charge in [-0.05, 0) is 111 Å². The Morgan fingerprint density at radius 2 is 0.523 bits per heavy atom. The van der Waals surface area contributed by atoms with Crippen LogP contribution in [0.2, 0.25) is 0 Å². The second kappa shape index (κ2) is 8.89. The van der Waals surface area contributed by atoms with E-state index in [4.69, 9.17) is 0 Å². The van der Waals surface area contributed by atoms with E-state index >= 15 is 0 Å². The fourth-order valence-corrected chi connectivity index (χ4v) is 8.00. The van der Waals surface area contributed by atoms with Gasteiger partial charge in [0.1, 0.15) is 0 Å². The molecular formula is C44H26. The van der Waals surface area contributed by atoms with Gasteiger partial charge in [-0.1, -0.05) is 146 Å². The SMILES string of the molecule is c1ccc(-c2c(-c3ccccc3)c3cc4ccc5c(-c6ccccc6)c(-c6ccccc6)c6cc7ccc2c3c7c4c56)cc1. The quantitative estimate of drug-likeness (QED) is 0.190. The Bertz CT molecular complexity index is 2410. The molecule has 0 heteroatoms. The van der Waals surface area contributed by atoms with Crippen LogP contribution >= 0.6 is 0 Å². The molecule has 0 spiro atoms. The van der Waals surface area contributed by atoms with Crippen LogP contribution in [0.25, 0.3) is 98.4 Å². The van der Waals surface area contributed by atoms with E-state index in [0.29, 0.717) is 0 Å². The third-order valence-corrected chi connectivity index (χ3v) is 9.69. The van der Waals surface area contributed by atoms with Gasteiger partial charge in [-0.2, -0.15) is 0 Å². The van der Waals surface area contributed by atoms with Gasteiger partial charge >= 0.3 is 0 Å². The predicted octanol–water partition coefficient (Wildman–Crippen LogP) is 12.4. The van der Waals surface area contributed by atoms with Gasteiger partial charge in [-0.15, -0.1) is 0 Å². The molecule has 10 aromatic rings. The van der Waals surface area contributed by atoms with Crippen LogP contribution in [0.5, 0.6) is 0 Å². The minimum absolute atomic E-state index is 1.26. The van der Waals surface area contributed by atoms with Gasteiger partial charge in [0.2, 0.25) is 0 Å². The average Bonchev–Trinajstić information content (AvgIpc) is 3.61. The zero-order chi connectivity index (χ0) is 28.8. The van der Waals surface area contributed by atoms with Crippen molar-refractivity contribution in [3.8, 4) is 44.5 Å². The lowest BCUT2D eigenvalue weighted by Gasteiger charge is -2.13. The van der Waals surface area contributed by atoms with E-state index in [2.05, 4.69) is 158 Å². The Kier molecular flexibility index (Phi) is 4.81. The number of hydrogen-bond donors (Lipinski definition) is 0. The fraction of sp³-hybridized carbons (Fsp3) is 0. The lowest BCUT2D eigenvalue weighted by atomic mass is 9.89. The fourth-order valence-electron chi connectivity index (χ4n) is 8.00. The maximum atomic E-state index is 2.47. The van der Waals surface area contributed by atoms with E-state index in [1.54, 1.807) is 0 Å². The van der Waals surface area contributed by atoms with Crippen LogP contribution < -0.4 is 0 Å². The van der Waals surface area contributed by atoms with Gasteiger partial charge in [0.25, 0.3) is 0 Å². The molecule has 0 bridgehead atoms. The van der Waals surface area contributed by atoms with Crippen LogP contribution in [-0.4, -0.2) is 0 Å². The summed E-state index contributed by atoms with van der Waals surface area (Å²) in [7, 11) is 0. The number of rotatable bonds is 4. The Morgan fingerprint density at radius 3 is 0.841 bits per heavy atom. The van der Waals surface area contributed by atoms with Crippen LogP contribution in [0.15, 0.2) is 158 Å². The molecule has 0 aliphatic carbocycles. The normalized spacial score (nSPS) is 12.1. The second-order valence-corrected chi connectivity index (χ2v) is 12.0. The molecule has 0 amide bonds. The van der Waals surface area contributed by atoms with E-state index < -0.39 is 0 Å². The van der Waals surface area contributed by atoms with Crippen molar-refractivity contribution in [1.82, 2.24) is 0 Å². The monoisotopic (exact) mass is 554 g/mol. The molecule has 0 unspecified atom stereocenters. The Labute approximate surface area is 255 Å². The maximum Gasteiger partial charge on any atom is -0.00132 e. The molecule has 0 aromatic heterocycles. The lowest BCUT2D eigenvalue weighted by molar-refractivity contribution is 1.65. The largest absolute Gasteiger partial charge is 0.0622 e. The summed E-state index contributed by atoms with van der Waals surface area (Å²) in [6.45, 7) is 0. The first-order chi connectivity index (χ1) is 21.9. The number of hydrogen-bond acceptors (Lipinski definition) is 0. The summed E-state index contributed by atoms with van der Waals surface area (Å²) in [4.78, 5) is 0. The van der Waals surface area contributed by atoms with Gasteiger partial charge in [0.15, 0.2) is 0 Å². The van der Waals surface area contributed by atoms with Gasteiger partial charge in [0, 0.05) is 0 Å². The Balaban J connectivity index is 1.43. The highest BCUT2D eigenvalue weighted by Gasteiger charge is 2.27. The van der Waals surface area contributed by atoms with Crippen molar-refractivity contribution in [2.75, 3.05) is 0 Å². The van der Waals surface area contributed by atoms with Crippen molar-refractivity contribution < 1.29 is 0 Å². The smallest absolute Gasteiger partial charge is 0.00132 e. The first kappa shape index (κ1) is 23.8. The molecule has 0 saturated carbocycles. The van der Waals surface area contributed by atoms with E-state index in [1.807, 2.05) is 0 Å². The predicted molar refractivity (Wildman–Crippen MR) is 189 cm³/mol. The van der Waals surface area contributed by atoms with Crippen molar-refractivity contribution >= 4 is 53.9 Å². The molecule has 0 radical (unpaired) electrons. The molecule has 202 valence electrons. The second-order valence-electron chi connectivity index (χ2n) is 12.0. The van der Waals surface area contributed by atoms with E-state index in [0.717, 1.165) is 0 Å². The molecule has 0 saturated heterocycles. The van der Waals surface area contributed by atoms with E-state index in [9.17, 15) is 0 Å². The lowest BCUT2D eigenvalue weighted by Crippen LogP contribution is -1.85. The maximum absolute atomic E-state index is 2.47. The third kappa shape index (κ3) is 3.12. The van der Waals surface area contributed by atoms with Crippen LogP contribution in [-0.2, 0) is 0 Å². The van der Waals surface area contributed by atoms with Crippen LogP contribution in [0, 0.1) is 0 Å². The van der Waals surface area contributed by atoms with Crippen molar-refractivity contribution in [3.63, 3.8) is 0 Å². The molecule has 10 aromatic carbocycles. The summed E-state index contributed by atoms with van der Waals surface area (Å²) >= 11 is 0. The first-order valence-electron chi connectivity index (χ1n) is 15.4. The summed E-state index contributed by atoms with van der Waals surface area (Å²) in [6, 6.07) is 58.2. The molecule has 0 heterocycles. The van der Waals surface area contributed by atoms with Gasteiger partial charge in [-0.25, -0.2) is 0 Å². The third-order valence-electron chi connectivity index (χ3n) is 9.69. The Morgan fingerprint density at radius 1 is 0.227 bits per heavy atom. The summed E-state index contributed by atoms with van der Waals surface area (Å²) in [5, 5.41) is 13.5. The molecule has 0 atom stereocenters. The first-order valence-corrected chi connectivity index (χ1v) is 15.4. The molecule has 0 nitrogen and oxygen atoms in total. The van der Waals surface area contributed by atoms with Crippen molar-refractivity contribution in [3.05, 3.63) is 158 Å². The zero-order valence-electron chi connectivity index (χ0n) is 24.0. The summed E-state index contributed by atoms with van der Waals surface area (Å²) in [5.41, 5.74) is 10.4. The molecule has 0 fully saturated rings. The summed E-state index contributed by atoms with van der Waals surface area (Å²) in [6.07, 6.45) is 0. The van der Waals surface area contributed by atoms with Gasteiger partial charge < -0.3 is 0 Å². The van der Waals surface area contributed by atoms with Gasteiger partial charge in [0.05, 0.1) is 0 Å². The molecule has 0 aliphatic heterocycles. The molecule has 0 aliphatic rings. The standard InChI is InChI=1S/C44H26/c1-5-13-27(14-6-1)37-33-23-21-31-26-36-40(30-19-11-4-12-20-30)38(28-15-7-2-8-16-28)34-24-22-32-25-35(39(37)29-17-9-3-10-18-29)43(33)41(31)42(32)44(34)36/h1-26H. The van der Waals surface area contributed by atoms with Crippen molar-refractivity contribution in [2.24, 2.45) is 0 Å². The van der Waals surface area contributed by atoms with E-state index in [1.165, 1.54) is 98.4 Å². The van der Waals surface area contributed by atoms with Crippen LogP contribution in [0.4, 0.5) is 0 Å². The molecular weight excluding hydrogens is 528 g/mol. The summed E-state index contributed by atoms with van der Waals surface area (Å²) in [5.74, 6) is 0. The zero-order valence-corrected chi connectivity index (χ0v) is 24.0. The van der Waals surface area contributed by atoms with E-state index in [-0.39, 0.29) is 0 Å². The highest BCUT2D eigenvalue weighted by molar-refractivity contribution is 6.43. The molecule has 0 N–H and O–H groups in total. The minimum atomic E-state index is 1.26.